The number of hydrogen-bond acceptors (Lipinski definition) is 5. The number of benzene rings is 1. The first kappa shape index (κ1) is 20.4. The van der Waals surface area contributed by atoms with Gasteiger partial charge in [-0.1, -0.05) is 12.1 Å². The van der Waals surface area contributed by atoms with E-state index >= 15 is 0 Å². The highest BCUT2D eigenvalue weighted by Crippen LogP contribution is 2.48. The van der Waals surface area contributed by atoms with Crippen molar-refractivity contribution in [1.29, 1.82) is 0 Å². The Balaban J connectivity index is 2.71. The highest BCUT2D eigenvalue weighted by molar-refractivity contribution is 7.54. The van der Waals surface area contributed by atoms with E-state index in [1.807, 2.05) is 6.92 Å². The summed E-state index contributed by atoms with van der Waals surface area (Å²) < 4.78 is 23.2. The molecule has 1 N–H and O–H groups in total. The average molecular weight is 356 g/mol. The lowest BCUT2D eigenvalue weighted by molar-refractivity contribution is -0.126. The Hall–Kier alpha value is -1.69. The van der Waals surface area contributed by atoms with E-state index in [1.54, 1.807) is 45.3 Å². The van der Waals surface area contributed by atoms with Crippen LogP contribution >= 0.6 is 7.60 Å². The van der Waals surface area contributed by atoms with Crippen LogP contribution in [0.25, 0.3) is 0 Å². The number of nitrogens with one attached hydrogen (secondary N) is 1. The summed E-state index contributed by atoms with van der Waals surface area (Å²) in [6.45, 7) is 4.32. The standard InChI is InChI=1S/C16H25N2O5P/c1-5-17-16(20)14-9-7-13(8-10-14)11-23-24(21,22-6-2)12-15(19)18(3)4/h7-10H,5-6,11-12H2,1-4H3,(H,17,20). The van der Waals surface area contributed by atoms with Crippen molar-refractivity contribution in [1.82, 2.24) is 10.2 Å². The number of hydrogen-bond donors (Lipinski definition) is 1. The minimum atomic E-state index is -3.51. The molecule has 2 amide bonds. The Labute approximate surface area is 142 Å². The second-order valence-corrected chi connectivity index (χ2v) is 7.36. The van der Waals surface area contributed by atoms with Crippen LogP contribution in [0.4, 0.5) is 0 Å². The Bertz CT molecular complexity index is 601. The van der Waals surface area contributed by atoms with Crippen molar-refractivity contribution < 1.29 is 23.2 Å². The molecule has 0 aliphatic carbocycles. The second-order valence-electron chi connectivity index (χ2n) is 5.30. The minimum absolute atomic E-state index is 0.0354. The summed E-state index contributed by atoms with van der Waals surface area (Å²) in [6, 6.07) is 6.77. The molecule has 0 aliphatic heterocycles. The number of carbonyl (C=O) groups is 2. The summed E-state index contributed by atoms with van der Waals surface area (Å²) in [7, 11) is -0.343. The molecule has 0 bridgehead atoms. The van der Waals surface area contributed by atoms with Crippen LogP contribution in [0.1, 0.15) is 29.8 Å². The molecule has 134 valence electrons. The molecule has 0 fully saturated rings. The summed E-state index contributed by atoms with van der Waals surface area (Å²) in [4.78, 5) is 24.8. The van der Waals surface area contributed by atoms with E-state index in [4.69, 9.17) is 9.05 Å². The van der Waals surface area contributed by atoms with Crippen LogP contribution in [0.3, 0.4) is 0 Å². The minimum Gasteiger partial charge on any atom is -0.352 e. The highest BCUT2D eigenvalue weighted by atomic mass is 31.2. The van der Waals surface area contributed by atoms with Gasteiger partial charge in [0.2, 0.25) is 5.91 Å². The van der Waals surface area contributed by atoms with Gasteiger partial charge in [-0.15, -0.1) is 0 Å². The first-order chi connectivity index (χ1) is 11.3. The zero-order valence-corrected chi connectivity index (χ0v) is 15.5. The van der Waals surface area contributed by atoms with E-state index in [-0.39, 0.29) is 31.2 Å². The van der Waals surface area contributed by atoms with Gasteiger partial charge in [-0.2, -0.15) is 0 Å². The van der Waals surface area contributed by atoms with Gasteiger partial charge in [0.1, 0.15) is 6.16 Å². The zero-order chi connectivity index (χ0) is 18.2. The lowest BCUT2D eigenvalue weighted by Gasteiger charge is -2.19. The maximum Gasteiger partial charge on any atom is 0.340 e. The maximum atomic E-state index is 12.6. The molecule has 0 spiro atoms. The van der Waals surface area contributed by atoms with Crippen molar-refractivity contribution in [3.63, 3.8) is 0 Å². The van der Waals surface area contributed by atoms with Crippen molar-refractivity contribution in [3.05, 3.63) is 35.4 Å². The fourth-order valence-electron chi connectivity index (χ4n) is 1.82. The average Bonchev–Trinajstić information content (AvgIpc) is 2.54. The SMILES string of the molecule is CCNC(=O)c1ccc(COP(=O)(CC(=O)N(C)C)OCC)cc1. The van der Waals surface area contributed by atoms with Gasteiger partial charge in [-0.25, -0.2) is 0 Å². The van der Waals surface area contributed by atoms with Gasteiger partial charge in [0, 0.05) is 26.2 Å². The predicted octanol–water partition coefficient (Wildman–Crippen LogP) is 2.27. The smallest absolute Gasteiger partial charge is 0.340 e. The van der Waals surface area contributed by atoms with Gasteiger partial charge in [0.05, 0.1) is 13.2 Å². The topological polar surface area (TPSA) is 84.9 Å². The normalized spacial score (nSPS) is 13.2. The van der Waals surface area contributed by atoms with E-state index in [1.165, 1.54) is 4.90 Å². The zero-order valence-electron chi connectivity index (χ0n) is 14.6. The molecule has 0 aliphatic rings. The van der Waals surface area contributed by atoms with E-state index in [9.17, 15) is 14.2 Å². The predicted molar refractivity (Wildman–Crippen MR) is 92.0 cm³/mol. The van der Waals surface area contributed by atoms with Crippen LogP contribution in [-0.2, 0) is 25.0 Å². The van der Waals surface area contributed by atoms with Gasteiger partial charge in [0.25, 0.3) is 5.91 Å². The lowest BCUT2D eigenvalue weighted by atomic mass is 10.1. The molecule has 1 aromatic carbocycles. The first-order valence-electron chi connectivity index (χ1n) is 7.76. The van der Waals surface area contributed by atoms with Crippen LogP contribution in [0.2, 0.25) is 0 Å². The van der Waals surface area contributed by atoms with Gasteiger partial charge in [-0.3, -0.25) is 14.2 Å². The number of carbonyl (C=O) groups excluding carboxylic acids is 2. The van der Waals surface area contributed by atoms with Crippen molar-refractivity contribution in [2.45, 2.75) is 20.5 Å². The summed E-state index contributed by atoms with van der Waals surface area (Å²) in [5, 5.41) is 2.71. The fraction of sp³-hybridized carbons (Fsp3) is 0.500. The van der Waals surface area contributed by atoms with E-state index in [0.717, 1.165) is 5.56 Å². The van der Waals surface area contributed by atoms with Gasteiger partial charge in [0.15, 0.2) is 0 Å². The van der Waals surface area contributed by atoms with Crippen LogP contribution in [0.15, 0.2) is 24.3 Å². The molecule has 1 atom stereocenters. The highest BCUT2D eigenvalue weighted by Gasteiger charge is 2.29. The maximum absolute atomic E-state index is 12.6. The molecule has 1 unspecified atom stereocenters. The summed E-state index contributed by atoms with van der Waals surface area (Å²) in [6.07, 6.45) is -0.301. The number of rotatable bonds is 9. The Morgan fingerprint density at radius 2 is 1.75 bits per heavy atom. The number of amides is 2. The molecule has 1 rings (SSSR count). The van der Waals surface area contributed by atoms with Gasteiger partial charge in [-0.05, 0) is 31.5 Å². The molecule has 0 saturated heterocycles. The molecule has 0 saturated carbocycles. The molecule has 24 heavy (non-hydrogen) atoms. The Morgan fingerprint density at radius 1 is 1.12 bits per heavy atom. The molecular formula is C16H25N2O5P. The van der Waals surface area contributed by atoms with Crippen LogP contribution < -0.4 is 5.32 Å². The molecule has 1 aromatic rings. The monoisotopic (exact) mass is 356 g/mol. The third-order valence-electron chi connectivity index (χ3n) is 3.13. The van der Waals surface area contributed by atoms with Crippen LogP contribution in [0.5, 0.6) is 0 Å². The Morgan fingerprint density at radius 3 is 2.25 bits per heavy atom. The Kier molecular flexibility index (Phi) is 8.11. The number of nitrogens with zero attached hydrogens (tertiary/aromatic N) is 1. The van der Waals surface area contributed by atoms with Crippen molar-refractivity contribution in [3.8, 4) is 0 Å². The molecule has 7 nitrogen and oxygen atoms in total. The van der Waals surface area contributed by atoms with Crippen molar-refractivity contribution in [2.75, 3.05) is 33.4 Å². The summed E-state index contributed by atoms with van der Waals surface area (Å²) in [5.74, 6) is -0.472. The molecule has 0 radical (unpaired) electrons. The third-order valence-corrected chi connectivity index (χ3v) is 4.97. The van der Waals surface area contributed by atoms with Crippen LogP contribution in [-0.4, -0.2) is 50.1 Å². The second kappa shape index (κ2) is 9.57. The summed E-state index contributed by atoms with van der Waals surface area (Å²) in [5.41, 5.74) is 1.27. The van der Waals surface area contributed by atoms with Crippen molar-refractivity contribution in [2.24, 2.45) is 0 Å². The first-order valence-corrected chi connectivity index (χ1v) is 9.49. The molecule has 0 heterocycles. The van der Waals surface area contributed by atoms with E-state index in [0.29, 0.717) is 12.1 Å². The van der Waals surface area contributed by atoms with Gasteiger partial charge >= 0.3 is 7.60 Å². The van der Waals surface area contributed by atoms with E-state index in [2.05, 4.69) is 5.32 Å². The molecule has 0 aromatic heterocycles. The summed E-state index contributed by atoms with van der Waals surface area (Å²) >= 11 is 0. The van der Waals surface area contributed by atoms with E-state index < -0.39 is 7.60 Å². The lowest BCUT2D eigenvalue weighted by Crippen LogP contribution is -2.25. The third kappa shape index (κ3) is 6.43. The quantitative estimate of drug-likeness (QED) is 0.686. The van der Waals surface area contributed by atoms with Crippen molar-refractivity contribution >= 4 is 19.4 Å². The van der Waals surface area contributed by atoms with Gasteiger partial charge < -0.3 is 19.3 Å². The molecular weight excluding hydrogens is 331 g/mol. The van der Waals surface area contributed by atoms with Crippen LogP contribution in [0, 0.1) is 0 Å². The molecule has 8 heteroatoms. The largest absolute Gasteiger partial charge is 0.352 e. The fourth-order valence-corrected chi connectivity index (χ4v) is 3.43.